The fourth-order valence-electron chi connectivity index (χ4n) is 2.71. The van der Waals surface area contributed by atoms with Crippen molar-refractivity contribution >= 4 is 18.3 Å². The second-order valence-corrected chi connectivity index (χ2v) is 5.52. The van der Waals surface area contributed by atoms with Crippen molar-refractivity contribution in [2.24, 2.45) is 0 Å². The minimum absolute atomic E-state index is 0. The first-order valence-corrected chi connectivity index (χ1v) is 7.44. The fraction of sp³-hybridized carbons (Fsp3) is 0.278. The standard InChI is InChI=1S/C18H20N2O2.ClH/c1-22-12-14-3-2-4-15(8-14)18(21)20-9-13-5-6-16-10-19-11-17(16)7-13;/h2-8,19H,9-12H2,1H3,(H,20,21);1H. The number of nitrogens with one attached hydrogen (secondary N) is 2. The van der Waals surface area contributed by atoms with Crippen LogP contribution in [0.1, 0.15) is 32.6 Å². The summed E-state index contributed by atoms with van der Waals surface area (Å²) in [6, 6.07) is 13.9. The van der Waals surface area contributed by atoms with Gasteiger partial charge in [0, 0.05) is 32.3 Å². The number of amides is 1. The molecule has 0 aliphatic carbocycles. The van der Waals surface area contributed by atoms with Gasteiger partial charge in [0.15, 0.2) is 0 Å². The molecule has 0 unspecified atom stereocenters. The number of rotatable bonds is 5. The summed E-state index contributed by atoms with van der Waals surface area (Å²) in [6.45, 7) is 2.91. The second kappa shape index (κ2) is 8.11. The van der Waals surface area contributed by atoms with Crippen LogP contribution >= 0.6 is 12.4 Å². The molecule has 0 spiro atoms. The third-order valence-electron chi connectivity index (χ3n) is 3.85. The maximum atomic E-state index is 12.2. The van der Waals surface area contributed by atoms with Crippen molar-refractivity contribution in [3.8, 4) is 0 Å². The first kappa shape index (κ1) is 17.5. The molecule has 1 aliphatic heterocycles. The zero-order valence-electron chi connectivity index (χ0n) is 13.1. The number of methoxy groups -OCH3 is 1. The van der Waals surface area contributed by atoms with Crippen LogP contribution in [0.5, 0.6) is 0 Å². The Labute approximate surface area is 142 Å². The Morgan fingerprint density at radius 2 is 1.96 bits per heavy atom. The Kier molecular flexibility index (Phi) is 6.16. The van der Waals surface area contributed by atoms with E-state index in [4.69, 9.17) is 4.74 Å². The Balaban J connectivity index is 0.00000192. The van der Waals surface area contributed by atoms with E-state index in [1.807, 2.05) is 24.3 Å². The van der Waals surface area contributed by atoms with E-state index in [2.05, 4.69) is 28.8 Å². The first-order valence-electron chi connectivity index (χ1n) is 7.44. The number of carbonyl (C=O) groups is 1. The number of benzene rings is 2. The lowest BCUT2D eigenvalue weighted by molar-refractivity contribution is 0.0950. The largest absolute Gasteiger partial charge is 0.380 e. The van der Waals surface area contributed by atoms with Crippen LogP contribution in [0, 0.1) is 0 Å². The molecular formula is C18H21ClN2O2. The highest BCUT2D eigenvalue weighted by molar-refractivity contribution is 5.94. The van der Waals surface area contributed by atoms with E-state index in [1.54, 1.807) is 7.11 Å². The Hall–Kier alpha value is -1.88. The van der Waals surface area contributed by atoms with Crippen molar-refractivity contribution in [1.82, 2.24) is 10.6 Å². The van der Waals surface area contributed by atoms with Crippen LogP contribution in [-0.2, 0) is 31.0 Å². The molecule has 1 heterocycles. The first-order chi connectivity index (χ1) is 10.8. The average molecular weight is 333 g/mol. The van der Waals surface area contributed by atoms with Crippen molar-refractivity contribution in [2.75, 3.05) is 7.11 Å². The second-order valence-electron chi connectivity index (χ2n) is 5.52. The smallest absolute Gasteiger partial charge is 0.251 e. The van der Waals surface area contributed by atoms with Crippen LogP contribution in [0.25, 0.3) is 0 Å². The Bertz CT molecular complexity index is 688. The van der Waals surface area contributed by atoms with Gasteiger partial charge in [-0.15, -0.1) is 12.4 Å². The van der Waals surface area contributed by atoms with Crippen LogP contribution in [-0.4, -0.2) is 13.0 Å². The molecule has 0 saturated carbocycles. The quantitative estimate of drug-likeness (QED) is 0.885. The molecule has 4 nitrogen and oxygen atoms in total. The molecule has 5 heteroatoms. The zero-order valence-corrected chi connectivity index (χ0v) is 13.9. The third kappa shape index (κ3) is 4.32. The Morgan fingerprint density at radius 3 is 2.78 bits per heavy atom. The minimum Gasteiger partial charge on any atom is -0.380 e. The van der Waals surface area contributed by atoms with Crippen molar-refractivity contribution in [3.05, 3.63) is 70.3 Å². The van der Waals surface area contributed by atoms with Crippen LogP contribution in [0.4, 0.5) is 0 Å². The highest BCUT2D eigenvalue weighted by Crippen LogP contribution is 2.17. The van der Waals surface area contributed by atoms with E-state index in [9.17, 15) is 4.79 Å². The average Bonchev–Trinajstić information content (AvgIpc) is 3.01. The summed E-state index contributed by atoms with van der Waals surface area (Å²) in [4.78, 5) is 12.2. The van der Waals surface area contributed by atoms with E-state index in [0.717, 1.165) is 24.2 Å². The van der Waals surface area contributed by atoms with Gasteiger partial charge >= 0.3 is 0 Å². The molecule has 0 saturated heterocycles. The van der Waals surface area contributed by atoms with Crippen LogP contribution in [0.3, 0.4) is 0 Å². The maximum absolute atomic E-state index is 12.2. The molecule has 23 heavy (non-hydrogen) atoms. The Morgan fingerprint density at radius 1 is 1.13 bits per heavy atom. The monoisotopic (exact) mass is 332 g/mol. The van der Waals surface area contributed by atoms with E-state index in [0.29, 0.717) is 18.7 Å². The number of carbonyl (C=O) groups excluding carboxylic acids is 1. The molecule has 2 aromatic rings. The summed E-state index contributed by atoms with van der Waals surface area (Å²) in [6.07, 6.45) is 0. The van der Waals surface area contributed by atoms with Crippen LogP contribution in [0.15, 0.2) is 42.5 Å². The summed E-state index contributed by atoms with van der Waals surface area (Å²) in [7, 11) is 1.65. The highest BCUT2D eigenvalue weighted by atomic mass is 35.5. The molecule has 3 rings (SSSR count). The zero-order chi connectivity index (χ0) is 15.4. The number of ether oxygens (including phenoxy) is 1. The van der Waals surface area contributed by atoms with E-state index in [1.165, 1.54) is 11.1 Å². The number of halogens is 1. The predicted octanol–water partition coefficient (Wildman–Crippen LogP) is 2.79. The van der Waals surface area contributed by atoms with Gasteiger partial charge in [-0.2, -0.15) is 0 Å². The van der Waals surface area contributed by atoms with Crippen LogP contribution in [0.2, 0.25) is 0 Å². The van der Waals surface area contributed by atoms with Gasteiger partial charge in [0.2, 0.25) is 0 Å². The van der Waals surface area contributed by atoms with Gasteiger partial charge in [-0.05, 0) is 34.4 Å². The molecule has 1 amide bonds. The minimum atomic E-state index is -0.0587. The van der Waals surface area contributed by atoms with E-state index in [-0.39, 0.29) is 18.3 Å². The lowest BCUT2D eigenvalue weighted by Gasteiger charge is -2.08. The molecule has 1 aliphatic rings. The normalized spacial score (nSPS) is 12.4. The van der Waals surface area contributed by atoms with Gasteiger partial charge in [-0.3, -0.25) is 4.79 Å². The van der Waals surface area contributed by atoms with Crippen molar-refractivity contribution in [1.29, 1.82) is 0 Å². The van der Waals surface area contributed by atoms with Gasteiger partial charge in [-0.25, -0.2) is 0 Å². The van der Waals surface area contributed by atoms with E-state index < -0.39 is 0 Å². The lowest BCUT2D eigenvalue weighted by Crippen LogP contribution is -2.23. The SMILES string of the molecule is COCc1cccc(C(=O)NCc2ccc3c(c2)CNC3)c1.Cl. The summed E-state index contributed by atoms with van der Waals surface area (Å²) in [5, 5.41) is 6.30. The van der Waals surface area contributed by atoms with Crippen molar-refractivity contribution in [3.63, 3.8) is 0 Å². The molecule has 0 radical (unpaired) electrons. The molecule has 0 aromatic heterocycles. The molecule has 2 aromatic carbocycles. The molecule has 0 fully saturated rings. The van der Waals surface area contributed by atoms with Crippen molar-refractivity contribution in [2.45, 2.75) is 26.2 Å². The molecule has 0 atom stereocenters. The summed E-state index contributed by atoms with van der Waals surface area (Å²) < 4.78 is 5.10. The molecule has 0 bridgehead atoms. The number of hydrogen-bond donors (Lipinski definition) is 2. The summed E-state index contributed by atoms with van der Waals surface area (Å²) in [5.41, 5.74) is 5.47. The molecular weight excluding hydrogens is 312 g/mol. The van der Waals surface area contributed by atoms with Gasteiger partial charge in [0.1, 0.15) is 0 Å². The topological polar surface area (TPSA) is 50.4 Å². The molecule has 122 valence electrons. The van der Waals surface area contributed by atoms with E-state index >= 15 is 0 Å². The van der Waals surface area contributed by atoms with Crippen LogP contribution < -0.4 is 10.6 Å². The summed E-state index contributed by atoms with van der Waals surface area (Å²) >= 11 is 0. The van der Waals surface area contributed by atoms with Gasteiger partial charge in [-0.1, -0.05) is 30.3 Å². The van der Waals surface area contributed by atoms with Gasteiger partial charge in [0.25, 0.3) is 5.91 Å². The number of hydrogen-bond acceptors (Lipinski definition) is 3. The maximum Gasteiger partial charge on any atom is 0.251 e. The van der Waals surface area contributed by atoms with Gasteiger partial charge < -0.3 is 15.4 Å². The third-order valence-corrected chi connectivity index (χ3v) is 3.85. The highest BCUT2D eigenvalue weighted by Gasteiger charge is 2.11. The lowest BCUT2D eigenvalue weighted by atomic mass is 10.1. The van der Waals surface area contributed by atoms with Crippen molar-refractivity contribution < 1.29 is 9.53 Å². The summed E-state index contributed by atoms with van der Waals surface area (Å²) in [5.74, 6) is -0.0587. The molecule has 2 N–H and O–H groups in total. The predicted molar refractivity (Wildman–Crippen MR) is 92.6 cm³/mol. The van der Waals surface area contributed by atoms with Gasteiger partial charge in [0.05, 0.1) is 6.61 Å². The fourth-order valence-corrected chi connectivity index (χ4v) is 2.71. The number of fused-ring (bicyclic) bond motifs is 1.